The number of anilines is 2. The molecule has 102 valence electrons. The van der Waals surface area contributed by atoms with Gasteiger partial charge >= 0.3 is 0 Å². The van der Waals surface area contributed by atoms with Crippen LogP contribution >= 0.6 is 0 Å². The van der Waals surface area contributed by atoms with Crippen molar-refractivity contribution in [2.75, 3.05) is 17.7 Å². The second kappa shape index (κ2) is 5.55. The summed E-state index contributed by atoms with van der Waals surface area (Å²) in [5, 5.41) is 17.2. The van der Waals surface area contributed by atoms with Crippen LogP contribution in [0, 0.1) is 5.92 Å². The zero-order valence-electron chi connectivity index (χ0n) is 10.4. The molecule has 1 aromatic rings. The minimum atomic E-state index is -3.84. The van der Waals surface area contributed by atoms with Crippen LogP contribution in [0.1, 0.15) is 13.8 Å². The fraction of sp³-hybridized carbons (Fsp3) is 0.455. The maximum absolute atomic E-state index is 11.5. The Bertz CT molecular complexity index is 516. The van der Waals surface area contributed by atoms with Gasteiger partial charge in [-0.3, -0.25) is 0 Å². The lowest BCUT2D eigenvalue weighted by molar-refractivity contribution is 0.226. The molecule has 2 atom stereocenters. The molecule has 0 spiro atoms. The molecule has 0 saturated heterocycles. The largest absolute Gasteiger partial charge is 0.399 e. The number of hydrogen-bond acceptors (Lipinski definition) is 5. The Morgan fingerprint density at radius 2 is 2.00 bits per heavy atom. The van der Waals surface area contributed by atoms with E-state index in [1.165, 1.54) is 6.07 Å². The summed E-state index contributed by atoms with van der Waals surface area (Å²) in [6.45, 7) is 3.71. The van der Waals surface area contributed by atoms with Crippen molar-refractivity contribution < 1.29 is 13.5 Å². The molecule has 0 radical (unpaired) electrons. The van der Waals surface area contributed by atoms with Crippen LogP contribution in [-0.2, 0) is 10.0 Å². The van der Waals surface area contributed by atoms with Gasteiger partial charge in [-0.25, -0.2) is 13.6 Å². The molecule has 2 unspecified atom stereocenters. The number of hydrogen-bond donors (Lipinski definition) is 4. The number of benzene rings is 1. The van der Waals surface area contributed by atoms with Gasteiger partial charge in [0.2, 0.25) is 10.0 Å². The van der Waals surface area contributed by atoms with E-state index in [-0.39, 0.29) is 23.5 Å². The van der Waals surface area contributed by atoms with Gasteiger partial charge in [0.05, 0.1) is 5.69 Å². The number of aliphatic hydroxyl groups is 1. The van der Waals surface area contributed by atoms with Crippen LogP contribution in [0.5, 0.6) is 0 Å². The summed E-state index contributed by atoms with van der Waals surface area (Å²) in [5.74, 6) is -0.0177. The second-order valence-corrected chi connectivity index (χ2v) is 5.92. The molecule has 0 aliphatic heterocycles. The summed E-state index contributed by atoms with van der Waals surface area (Å²) in [7, 11) is -3.84. The summed E-state index contributed by atoms with van der Waals surface area (Å²) >= 11 is 0. The van der Waals surface area contributed by atoms with Crippen molar-refractivity contribution in [3.63, 3.8) is 0 Å². The van der Waals surface area contributed by atoms with Crippen LogP contribution in [0.15, 0.2) is 23.1 Å². The standard InChI is InChI=1S/C11H19N3O3S/c1-7(6-15)8(2)14-10-4-3-9(12)5-11(10)18(13,16)17/h3-5,7-8,14-15H,6,12H2,1-2H3,(H2,13,16,17). The van der Waals surface area contributed by atoms with Crippen molar-refractivity contribution >= 4 is 21.4 Å². The predicted molar refractivity (Wildman–Crippen MR) is 71.6 cm³/mol. The van der Waals surface area contributed by atoms with Gasteiger partial charge in [-0.05, 0) is 31.0 Å². The van der Waals surface area contributed by atoms with E-state index in [2.05, 4.69) is 5.32 Å². The Morgan fingerprint density at radius 3 is 2.50 bits per heavy atom. The minimum Gasteiger partial charge on any atom is -0.399 e. The molecule has 1 rings (SSSR count). The monoisotopic (exact) mass is 273 g/mol. The zero-order valence-corrected chi connectivity index (χ0v) is 11.2. The molecule has 1 aromatic carbocycles. The molecule has 0 aliphatic rings. The number of nitrogens with two attached hydrogens (primary N) is 2. The van der Waals surface area contributed by atoms with Gasteiger partial charge in [0.25, 0.3) is 0 Å². The topological polar surface area (TPSA) is 118 Å². The number of nitrogen functional groups attached to an aromatic ring is 1. The van der Waals surface area contributed by atoms with Crippen molar-refractivity contribution in [3.05, 3.63) is 18.2 Å². The van der Waals surface area contributed by atoms with Crippen LogP contribution in [0.3, 0.4) is 0 Å². The number of primary sulfonamides is 1. The van der Waals surface area contributed by atoms with Crippen LogP contribution < -0.4 is 16.2 Å². The van der Waals surface area contributed by atoms with E-state index >= 15 is 0 Å². The Balaban J connectivity index is 3.10. The molecule has 18 heavy (non-hydrogen) atoms. The lowest BCUT2D eigenvalue weighted by Crippen LogP contribution is -2.27. The smallest absolute Gasteiger partial charge is 0.240 e. The van der Waals surface area contributed by atoms with Gasteiger partial charge in [0.1, 0.15) is 4.90 Å². The zero-order chi connectivity index (χ0) is 13.9. The van der Waals surface area contributed by atoms with Crippen molar-refractivity contribution in [1.29, 1.82) is 0 Å². The third kappa shape index (κ3) is 3.59. The second-order valence-electron chi connectivity index (χ2n) is 4.39. The third-order valence-corrected chi connectivity index (χ3v) is 3.79. The SMILES string of the molecule is CC(CO)C(C)Nc1ccc(N)cc1S(N)(=O)=O. The quantitative estimate of drug-likeness (QED) is 0.577. The molecule has 0 heterocycles. The number of sulfonamides is 1. The van der Waals surface area contributed by atoms with E-state index in [0.717, 1.165) is 0 Å². The molecule has 7 heteroatoms. The molecule has 0 bridgehead atoms. The average Bonchev–Trinajstić information content (AvgIpc) is 2.28. The van der Waals surface area contributed by atoms with Gasteiger partial charge in [0, 0.05) is 18.3 Å². The molecule has 0 fully saturated rings. The van der Waals surface area contributed by atoms with Crippen LogP contribution in [0.4, 0.5) is 11.4 Å². The van der Waals surface area contributed by atoms with Crippen molar-refractivity contribution in [2.45, 2.75) is 24.8 Å². The first-order valence-corrected chi connectivity index (χ1v) is 7.10. The summed E-state index contributed by atoms with van der Waals surface area (Å²) in [4.78, 5) is -0.0421. The van der Waals surface area contributed by atoms with E-state index in [1.54, 1.807) is 12.1 Å². The lowest BCUT2D eigenvalue weighted by atomic mass is 10.0. The molecular weight excluding hydrogens is 254 g/mol. The van der Waals surface area contributed by atoms with Crippen molar-refractivity contribution in [2.24, 2.45) is 11.1 Å². The first kappa shape index (κ1) is 14.7. The molecule has 6 nitrogen and oxygen atoms in total. The first-order chi connectivity index (χ1) is 8.25. The highest BCUT2D eigenvalue weighted by atomic mass is 32.2. The van der Waals surface area contributed by atoms with Gasteiger partial charge in [-0.15, -0.1) is 0 Å². The first-order valence-electron chi connectivity index (χ1n) is 5.55. The maximum atomic E-state index is 11.5. The van der Waals surface area contributed by atoms with Gasteiger partial charge in [-0.2, -0.15) is 0 Å². The summed E-state index contributed by atoms with van der Waals surface area (Å²) in [5.41, 5.74) is 6.27. The summed E-state index contributed by atoms with van der Waals surface area (Å²) in [6.07, 6.45) is 0. The summed E-state index contributed by atoms with van der Waals surface area (Å²) < 4.78 is 22.9. The number of aliphatic hydroxyl groups excluding tert-OH is 1. The van der Waals surface area contributed by atoms with Crippen LogP contribution in [-0.4, -0.2) is 26.2 Å². The normalized spacial score (nSPS) is 15.1. The molecular formula is C11H19N3O3S. The molecule has 0 saturated carbocycles. The highest BCUT2D eigenvalue weighted by Gasteiger charge is 2.18. The summed E-state index contributed by atoms with van der Waals surface area (Å²) in [6, 6.07) is 4.37. The van der Waals surface area contributed by atoms with E-state index in [4.69, 9.17) is 16.0 Å². The van der Waals surface area contributed by atoms with Gasteiger partial charge in [0.15, 0.2) is 0 Å². The van der Waals surface area contributed by atoms with Crippen molar-refractivity contribution in [1.82, 2.24) is 0 Å². The Kier molecular flexibility index (Phi) is 4.55. The number of nitrogens with one attached hydrogen (secondary N) is 1. The Morgan fingerprint density at radius 1 is 1.39 bits per heavy atom. The number of rotatable bonds is 5. The van der Waals surface area contributed by atoms with Gasteiger partial charge in [-0.1, -0.05) is 6.92 Å². The van der Waals surface area contributed by atoms with Gasteiger partial charge < -0.3 is 16.2 Å². The Labute approximate surface area is 107 Å². The highest BCUT2D eigenvalue weighted by Crippen LogP contribution is 2.24. The molecule has 6 N–H and O–H groups in total. The molecule has 0 amide bonds. The van der Waals surface area contributed by atoms with Crippen LogP contribution in [0.25, 0.3) is 0 Å². The van der Waals surface area contributed by atoms with Crippen LogP contribution in [0.2, 0.25) is 0 Å². The highest BCUT2D eigenvalue weighted by molar-refractivity contribution is 7.89. The van der Waals surface area contributed by atoms with E-state index in [9.17, 15) is 8.42 Å². The maximum Gasteiger partial charge on any atom is 0.240 e. The van der Waals surface area contributed by atoms with Crippen molar-refractivity contribution in [3.8, 4) is 0 Å². The molecule has 0 aliphatic carbocycles. The Hall–Kier alpha value is -1.31. The molecule has 0 aromatic heterocycles. The van der Waals surface area contributed by atoms with E-state index in [1.807, 2.05) is 13.8 Å². The minimum absolute atomic E-state index is 0.00779. The fourth-order valence-corrected chi connectivity index (χ4v) is 2.17. The average molecular weight is 273 g/mol. The fourth-order valence-electron chi connectivity index (χ4n) is 1.44. The third-order valence-electron chi connectivity index (χ3n) is 2.84. The lowest BCUT2D eigenvalue weighted by Gasteiger charge is -2.22. The van der Waals surface area contributed by atoms with E-state index in [0.29, 0.717) is 11.4 Å². The van der Waals surface area contributed by atoms with E-state index < -0.39 is 10.0 Å². The predicted octanol–water partition coefficient (Wildman–Crippen LogP) is 0.345.